The third-order valence-electron chi connectivity index (χ3n) is 6.67. The first-order chi connectivity index (χ1) is 14.7. The maximum Gasteiger partial charge on any atom is 0.225 e. The molecule has 158 valence electrons. The number of likely N-dealkylation sites (tertiary alicyclic amines) is 1. The molecule has 0 aromatic carbocycles. The molecule has 5 rings (SSSR count). The number of anilines is 2. The number of fused-ring (bicyclic) bond motifs is 1. The van der Waals surface area contributed by atoms with E-state index in [1.54, 1.807) is 0 Å². The van der Waals surface area contributed by atoms with Crippen molar-refractivity contribution in [3.8, 4) is 0 Å². The van der Waals surface area contributed by atoms with Crippen LogP contribution in [0.5, 0.6) is 0 Å². The van der Waals surface area contributed by atoms with Gasteiger partial charge in [-0.05, 0) is 44.7 Å². The van der Waals surface area contributed by atoms with Crippen molar-refractivity contribution in [1.82, 2.24) is 24.5 Å². The minimum absolute atomic E-state index is 0.262. The van der Waals surface area contributed by atoms with Crippen molar-refractivity contribution in [2.75, 3.05) is 18.4 Å². The molecule has 2 fully saturated rings. The van der Waals surface area contributed by atoms with Crippen LogP contribution >= 0.6 is 0 Å². The number of hydrogen-bond acceptors (Lipinski definition) is 4. The van der Waals surface area contributed by atoms with Crippen molar-refractivity contribution in [1.29, 1.82) is 0 Å². The summed E-state index contributed by atoms with van der Waals surface area (Å²) in [6, 6.07) is 6.07. The summed E-state index contributed by atoms with van der Waals surface area (Å²) < 4.78 is 2.13. The number of amides is 1. The fourth-order valence-corrected chi connectivity index (χ4v) is 4.96. The maximum atomic E-state index is 12.9. The zero-order valence-electron chi connectivity index (χ0n) is 17.6. The number of carbonyl (C=O) groups excluding carboxylic acids is 1. The van der Waals surface area contributed by atoms with Crippen LogP contribution in [0.4, 0.5) is 11.6 Å². The number of H-pyrrole nitrogens is 1. The number of nitrogens with one attached hydrogen (secondary N) is 2. The van der Waals surface area contributed by atoms with Crippen LogP contribution < -0.4 is 5.32 Å². The van der Waals surface area contributed by atoms with Crippen molar-refractivity contribution in [2.45, 2.75) is 57.8 Å². The van der Waals surface area contributed by atoms with Gasteiger partial charge in [0.05, 0.1) is 11.2 Å². The van der Waals surface area contributed by atoms with Crippen molar-refractivity contribution in [2.24, 2.45) is 5.92 Å². The van der Waals surface area contributed by atoms with Crippen molar-refractivity contribution in [3.05, 3.63) is 42.0 Å². The van der Waals surface area contributed by atoms with Crippen molar-refractivity contribution in [3.63, 3.8) is 0 Å². The summed E-state index contributed by atoms with van der Waals surface area (Å²) in [5.74, 6) is 2.61. The Morgan fingerprint density at radius 3 is 2.70 bits per heavy atom. The lowest BCUT2D eigenvalue weighted by atomic mass is 9.87. The van der Waals surface area contributed by atoms with Gasteiger partial charge in [0.15, 0.2) is 11.6 Å². The number of aryl methyl sites for hydroxylation is 1. The average molecular weight is 407 g/mol. The summed E-state index contributed by atoms with van der Waals surface area (Å²) in [4.78, 5) is 20.0. The molecule has 3 aromatic rings. The molecule has 1 saturated heterocycles. The van der Waals surface area contributed by atoms with Crippen LogP contribution in [0.1, 0.15) is 62.3 Å². The lowest BCUT2D eigenvalue weighted by molar-refractivity contribution is -0.137. The summed E-state index contributed by atoms with van der Waals surface area (Å²) >= 11 is 0. The second kappa shape index (κ2) is 8.13. The Labute approximate surface area is 176 Å². The van der Waals surface area contributed by atoms with Gasteiger partial charge in [-0.2, -0.15) is 5.10 Å². The van der Waals surface area contributed by atoms with Crippen LogP contribution in [0.3, 0.4) is 0 Å². The molecule has 2 N–H and O–H groups in total. The van der Waals surface area contributed by atoms with E-state index >= 15 is 0 Å². The predicted molar refractivity (Wildman–Crippen MR) is 117 cm³/mol. The van der Waals surface area contributed by atoms with E-state index in [2.05, 4.69) is 43.3 Å². The molecule has 1 aliphatic carbocycles. The lowest BCUT2D eigenvalue weighted by Crippen LogP contribution is -2.42. The van der Waals surface area contributed by atoms with Crippen LogP contribution in [0, 0.1) is 12.8 Å². The number of aromatic nitrogens is 4. The number of piperidine rings is 1. The highest BCUT2D eigenvalue weighted by Crippen LogP contribution is 2.32. The number of hydrogen-bond donors (Lipinski definition) is 2. The maximum absolute atomic E-state index is 12.9. The van der Waals surface area contributed by atoms with E-state index in [4.69, 9.17) is 4.98 Å². The summed E-state index contributed by atoms with van der Waals surface area (Å²) in [5, 5.41) is 10.6. The quantitative estimate of drug-likeness (QED) is 0.673. The molecule has 30 heavy (non-hydrogen) atoms. The van der Waals surface area contributed by atoms with E-state index in [1.165, 1.54) is 19.3 Å². The Morgan fingerprint density at radius 1 is 1.17 bits per heavy atom. The highest BCUT2D eigenvalue weighted by molar-refractivity contribution is 5.79. The third kappa shape index (κ3) is 3.80. The molecule has 7 heteroatoms. The first-order valence-electron chi connectivity index (χ1n) is 11.2. The van der Waals surface area contributed by atoms with E-state index in [0.29, 0.717) is 11.8 Å². The monoisotopic (exact) mass is 406 g/mol. The molecule has 1 amide bonds. The largest absolute Gasteiger partial charge is 0.342 e. The van der Waals surface area contributed by atoms with Crippen LogP contribution in [0.25, 0.3) is 5.52 Å². The smallest absolute Gasteiger partial charge is 0.225 e. The van der Waals surface area contributed by atoms with Gasteiger partial charge < -0.3 is 14.6 Å². The molecule has 1 saturated carbocycles. The van der Waals surface area contributed by atoms with Gasteiger partial charge in [-0.1, -0.05) is 19.3 Å². The van der Waals surface area contributed by atoms with E-state index < -0.39 is 0 Å². The Balaban J connectivity index is 1.31. The van der Waals surface area contributed by atoms with Crippen LogP contribution in [0.15, 0.2) is 30.6 Å². The first kappa shape index (κ1) is 19.2. The van der Waals surface area contributed by atoms with Gasteiger partial charge >= 0.3 is 0 Å². The van der Waals surface area contributed by atoms with Gasteiger partial charge in [0.2, 0.25) is 5.91 Å². The highest BCUT2D eigenvalue weighted by atomic mass is 16.2. The topological polar surface area (TPSA) is 78.3 Å². The van der Waals surface area contributed by atoms with Crippen LogP contribution in [-0.4, -0.2) is 43.5 Å². The Morgan fingerprint density at radius 2 is 1.97 bits per heavy atom. The van der Waals surface area contributed by atoms with Gasteiger partial charge in [0, 0.05) is 49.1 Å². The second-order valence-electron chi connectivity index (χ2n) is 8.81. The van der Waals surface area contributed by atoms with E-state index in [0.717, 1.165) is 67.3 Å². The number of carbonyl (C=O) groups is 1. The van der Waals surface area contributed by atoms with Gasteiger partial charge in [0.25, 0.3) is 0 Å². The zero-order chi connectivity index (χ0) is 20.5. The molecule has 7 nitrogen and oxygen atoms in total. The SMILES string of the molecule is Cc1cc(Nc2nc(C3CCN(C(=O)C4CCCCC4)CC3)cn3cccc23)n[nH]1. The highest BCUT2D eigenvalue weighted by Gasteiger charge is 2.30. The minimum Gasteiger partial charge on any atom is -0.342 e. The fourth-order valence-electron chi connectivity index (χ4n) is 4.96. The summed E-state index contributed by atoms with van der Waals surface area (Å²) in [6.45, 7) is 3.66. The zero-order valence-corrected chi connectivity index (χ0v) is 17.6. The standard InChI is InChI=1S/C23H30N6O/c1-16-14-21(27-26-16)25-22-20-8-5-11-29(20)15-19(24-22)17-9-12-28(13-10-17)23(30)18-6-3-2-4-7-18/h5,8,11,14-15,17-18H,2-4,6-7,9-10,12-13H2,1H3,(H2,24,25,26,27). The van der Waals surface area contributed by atoms with Crippen molar-refractivity contribution < 1.29 is 4.79 Å². The van der Waals surface area contributed by atoms with Crippen LogP contribution in [-0.2, 0) is 4.79 Å². The number of rotatable bonds is 4. The van der Waals surface area contributed by atoms with E-state index in [-0.39, 0.29) is 5.92 Å². The minimum atomic E-state index is 0.262. The molecule has 4 heterocycles. The summed E-state index contributed by atoms with van der Waals surface area (Å²) in [6.07, 6.45) is 12.0. The molecule has 3 aromatic heterocycles. The lowest BCUT2D eigenvalue weighted by Gasteiger charge is -2.35. The van der Waals surface area contributed by atoms with Gasteiger partial charge in [-0.25, -0.2) is 4.98 Å². The van der Waals surface area contributed by atoms with E-state index in [1.807, 2.05) is 19.1 Å². The molecule has 1 aliphatic heterocycles. The molecule has 2 aliphatic rings. The Kier molecular flexibility index (Phi) is 5.19. The molecule has 0 bridgehead atoms. The van der Waals surface area contributed by atoms with Crippen molar-refractivity contribution >= 4 is 23.1 Å². The Hall–Kier alpha value is -2.83. The Bertz CT molecular complexity index is 1020. The van der Waals surface area contributed by atoms with Gasteiger partial charge in [-0.3, -0.25) is 9.89 Å². The predicted octanol–water partition coefficient (Wildman–Crippen LogP) is 4.40. The molecular formula is C23H30N6O. The van der Waals surface area contributed by atoms with Crippen LogP contribution in [0.2, 0.25) is 0 Å². The molecule has 0 atom stereocenters. The summed E-state index contributed by atoms with van der Waals surface area (Å²) in [7, 11) is 0. The fraction of sp³-hybridized carbons (Fsp3) is 0.522. The number of aromatic amines is 1. The average Bonchev–Trinajstić information content (AvgIpc) is 3.43. The first-order valence-corrected chi connectivity index (χ1v) is 11.2. The second-order valence-corrected chi connectivity index (χ2v) is 8.81. The number of nitrogens with zero attached hydrogens (tertiary/aromatic N) is 4. The molecule has 0 spiro atoms. The third-order valence-corrected chi connectivity index (χ3v) is 6.67. The van der Waals surface area contributed by atoms with Gasteiger partial charge in [-0.15, -0.1) is 0 Å². The summed E-state index contributed by atoms with van der Waals surface area (Å²) in [5.41, 5.74) is 3.12. The van der Waals surface area contributed by atoms with Gasteiger partial charge in [0.1, 0.15) is 0 Å². The molecular weight excluding hydrogens is 376 g/mol. The normalized spacial score (nSPS) is 18.8. The van der Waals surface area contributed by atoms with E-state index in [9.17, 15) is 4.79 Å². The molecule has 0 unspecified atom stereocenters. The molecule has 0 radical (unpaired) electrons.